The van der Waals surface area contributed by atoms with Gasteiger partial charge in [0.2, 0.25) is 0 Å². The lowest BCUT2D eigenvalue weighted by atomic mass is 9.99. The maximum Gasteiger partial charge on any atom is 0.422 e. The van der Waals surface area contributed by atoms with Crippen molar-refractivity contribution in [2.75, 3.05) is 19.6 Å². The van der Waals surface area contributed by atoms with Crippen LogP contribution in [-0.4, -0.2) is 50.6 Å². The number of piperidine rings is 1. The third kappa shape index (κ3) is 6.19. The summed E-state index contributed by atoms with van der Waals surface area (Å²) in [5.41, 5.74) is 0. The van der Waals surface area contributed by atoms with Gasteiger partial charge >= 0.3 is 16.3 Å². The molecule has 1 heterocycles. The van der Waals surface area contributed by atoms with Crippen LogP contribution >= 0.6 is 0 Å². The van der Waals surface area contributed by atoms with E-state index in [1.54, 1.807) is 27.7 Å². The molecule has 1 fully saturated rings. The van der Waals surface area contributed by atoms with Crippen molar-refractivity contribution in [2.45, 2.75) is 52.7 Å². The number of carbonyl (C=O) groups is 1. The van der Waals surface area contributed by atoms with E-state index in [0.717, 1.165) is 25.9 Å². The average Bonchev–Trinajstić information content (AvgIpc) is 2.34. The summed E-state index contributed by atoms with van der Waals surface area (Å²) in [4.78, 5) is 11.5. The summed E-state index contributed by atoms with van der Waals surface area (Å²) in [5, 5.41) is 3.26. The highest BCUT2D eigenvalue weighted by molar-refractivity contribution is 7.87. The molecule has 1 atom stereocenters. The van der Waals surface area contributed by atoms with E-state index in [0.29, 0.717) is 6.54 Å². The van der Waals surface area contributed by atoms with E-state index in [4.69, 9.17) is 4.74 Å². The van der Waals surface area contributed by atoms with Crippen LogP contribution in [0.4, 0.5) is 4.79 Å². The van der Waals surface area contributed by atoms with E-state index < -0.39 is 16.3 Å². The number of carbonyl (C=O) groups excluding carboxylic acids is 1. The van der Waals surface area contributed by atoms with E-state index in [1.807, 2.05) is 4.72 Å². The van der Waals surface area contributed by atoms with Crippen LogP contribution < -0.4 is 10.0 Å². The molecule has 0 saturated carbocycles. The predicted molar refractivity (Wildman–Crippen MR) is 81.1 cm³/mol. The molecular formula is C13H27N3O4S. The Balaban J connectivity index is 2.70. The van der Waals surface area contributed by atoms with Crippen molar-refractivity contribution in [3.8, 4) is 0 Å². The lowest BCUT2D eigenvalue weighted by molar-refractivity contribution is 0.120. The Morgan fingerprint density at radius 3 is 2.52 bits per heavy atom. The Hall–Kier alpha value is -0.860. The van der Waals surface area contributed by atoms with Gasteiger partial charge in [-0.15, -0.1) is 0 Å². The van der Waals surface area contributed by atoms with E-state index in [2.05, 4.69) is 5.32 Å². The van der Waals surface area contributed by atoms with Crippen LogP contribution in [0.3, 0.4) is 0 Å². The van der Waals surface area contributed by atoms with Crippen LogP contribution in [0.1, 0.15) is 40.5 Å². The Morgan fingerprint density at radius 2 is 2.05 bits per heavy atom. The molecule has 0 bridgehead atoms. The summed E-state index contributed by atoms with van der Waals surface area (Å²) in [7, 11) is -3.88. The first kappa shape index (κ1) is 18.2. The third-order valence-corrected chi connectivity index (χ3v) is 4.89. The number of hydrogen-bond donors (Lipinski definition) is 2. The van der Waals surface area contributed by atoms with Crippen LogP contribution in [0.15, 0.2) is 0 Å². The lowest BCUT2D eigenvalue weighted by Crippen LogP contribution is -2.50. The molecule has 1 aliphatic rings. The second kappa shape index (κ2) is 7.95. The molecule has 1 unspecified atom stereocenters. The molecule has 1 amide bonds. The molecule has 1 aliphatic heterocycles. The smallest absolute Gasteiger partial charge is 0.422 e. The van der Waals surface area contributed by atoms with E-state index in [9.17, 15) is 13.2 Å². The minimum atomic E-state index is -3.88. The molecular weight excluding hydrogens is 294 g/mol. The fourth-order valence-electron chi connectivity index (χ4n) is 2.32. The standard InChI is InChI=1S/C13H27N3O4S/c1-10(2)16(9-12-6-5-7-14-8-12)21(18,19)15-13(17)20-11(3)4/h10-12,14H,5-9H2,1-4H3,(H,15,17). The first-order valence-corrected chi connectivity index (χ1v) is 8.87. The highest BCUT2D eigenvalue weighted by atomic mass is 32.2. The van der Waals surface area contributed by atoms with Crippen LogP contribution in [0, 0.1) is 5.92 Å². The van der Waals surface area contributed by atoms with Gasteiger partial charge in [0.1, 0.15) is 0 Å². The van der Waals surface area contributed by atoms with Crippen LogP contribution in [0.5, 0.6) is 0 Å². The number of nitrogens with one attached hydrogen (secondary N) is 2. The topological polar surface area (TPSA) is 87.7 Å². The fourth-order valence-corrected chi connectivity index (χ4v) is 3.66. The number of ether oxygens (including phenoxy) is 1. The van der Waals surface area contributed by atoms with Crippen LogP contribution in [-0.2, 0) is 14.9 Å². The van der Waals surface area contributed by atoms with Crippen LogP contribution in [0.2, 0.25) is 0 Å². The second-order valence-corrected chi connectivity index (χ2v) is 7.56. The molecule has 0 aromatic rings. The van der Waals surface area contributed by atoms with Gasteiger partial charge in [-0.1, -0.05) is 0 Å². The second-order valence-electron chi connectivity index (χ2n) is 5.94. The zero-order chi connectivity index (χ0) is 16.0. The summed E-state index contributed by atoms with van der Waals surface area (Å²) in [5.74, 6) is 0.263. The molecule has 124 valence electrons. The van der Waals surface area contributed by atoms with Crippen molar-refractivity contribution in [1.29, 1.82) is 0 Å². The zero-order valence-electron chi connectivity index (χ0n) is 13.3. The third-order valence-electron chi connectivity index (χ3n) is 3.28. The first-order chi connectivity index (χ1) is 9.72. The molecule has 1 rings (SSSR count). The molecule has 2 N–H and O–H groups in total. The minimum absolute atomic E-state index is 0.226. The average molecular weight is 321 g/mol. The summed E-state index contributed by atoms with van der Waals surface area (Å²) in [6.07, 6.45) is 0.731. The first-order valence-electron chi connectivity index (χ1n) is 7.43. The van der Waals surface area contributed by atoms with Gasteiger partial charge in [-0.05, 0) is 59.5 Å². The molecule has 0 aromatic heterocycles. The number of rotatable bonds is 6. The van der Waals surface area contributed by atoms with Gasteiger partial charge < -0.3 is 10.1 Å². The van der Waals surface area contributed by atoms with Crippen molar-refractivity contribution < 1.29 is 17.9 Å². The van der Waals surface area contributed by atoms with E-state index in [-0.39, 0.29) is 18.1 Å². The highest BCUT2D eigenvalue weighted by Crippen LogP contribution is 2.16. The van der Waals surface area contributed by atoms with Gasteiger partial charge in [-0.3, -0.25) is 0 Å². The van der Waals surface area contributed by atoms with Gasteiger partial charge in [0.25, 0.3) is 0 Å². The van der Waals surface area contributed by atoms with Crippen molar-refractivity contribution in [3.63, 3.8) is 0 Å². The Kier molecular flexibility index (Phi) is 6.89. The molecule has 0 radical (unpaired) electrons. The van der Waals surface area contributed by atoms with Gasteiger partial charge in [-0.2, -0.15) is 12.7 Å². The molecule has 0 spiro atoms. The van der Waals surface area contributed by atoms with Gasteiger partial charge in [0, 0.05) is 12.6 Å². The minimum Gasteiger partial charge on any atom is -0.446 e. The van der Waals surface area contributed by atoms with E-state index >= 15 is 0 Å². The summed E-state index contributed by atoms with van der Waals surface area (Å²) in [6, 6.07) is -0.226. The summed E-state index contributed by atoms with van der Waals surface area (Å²) >= 11 is 0. The van der Waals surface area contributed by atoms with E-state index in [1.165, 1.54) is 4.31 Å². The predicted octanol–water partition coefficient (Wildman–Crippen LogP) is 1.08. The Bertz CT molecular complexity index is 431. The van der Waals surface area contributed by atoms with Gasteiger partial charge in [0.05, 0.1) is 6.10 Å². The summed E-state index contributed by atoms with van der Waals surface area (Å²) < 4.78 is 32.8. The Labute approximate surface area is 127 Å². The SMILES string of the molecule is CC(C)OC(=O)NS(=O)(=O)N(CC1CCCNC1)C(C)C. The highest BCUT2D eigenvalue weighted by Gasteiger charge is 2.30. The Morgan fingerprint density at radius 1 is 1.38 bits per heavy atom. The maximum absolute atomic E-state index is 12.3. The van der Waals surface area contributed by atoms with Gasteiger partial charge in [-0.25, -0.2) is 9.52 Å². The largest absolute Gasteiger partial charge is 0.446 e. The summed E-state index contributed by atoms with van der Waals surface area (Å²) in [6.45, 7) is 9.10. The van der Waals surface area contributed by atoms with Gasteiger partial charge in [0.15, 0.2) is 0 Å². The molecule has 0 aromatic carbocycles. The van der Waals surface area contributed by atoms with Crippen molar-refractivity contribution in [1.82, 2.24) is 14.3 Å². The molecule has 8 heteroatoms. The zero-order valence-corrected chi connectivity index (χ0v) is 14.1. The van der Waals surface area contributed by atoms with Crippen molar-refractivity contribution in [2.24, 2.45) is 5.92 Å². The normalized spacial score (nSPS) is 20.0. The van der Waals surface area contributed by atoms with Crippen molar-refractivity contribution >= 4 is 16.3 Å². The van der Waals surface area contributed by atoms with Crippen molar-refractivity contribution in [3.05, 3.63) is 0 Å². The number of hydrogen-bond acceptors (Lipinski definition) is 5. The quantitative estimate of drug-likeness (QED) is 0.764. The fraction of sp³-hybridized carbons (Fsp3) is 0.923. The number of nitrogens with zero attached hydrogens (tertiary/aromatic N) is 1. The molecule has 7 nitrogen and oxygen atoms in total. The molecule has 1 saturated heterocycles. The monoisotopic (exact) mass is 321 g/mol. The molecule has 0 aliphatic carbocycles. The number of amides is 1. The lowest BCUT2D eigenvalue weighted by Gasteiger charge is -2.31. The molecule has 21 heavy (non-hydrogen) atoms. The van der Waals surface area contributed by atoms with Crippen LogP contribution in [0.25, 0.3) is 0 Å². The maximum atomic E-state index is 12.3.